The number of rotatable bonds is 5. The lowest BCUT2D eigenvalue weighted by atomic mass is 10.2. The number of carbonyl (C=O) groups excluding carboxylic acids is 1. The summed E-state index contributed by atoms with van der Waals surface area (Å²) in [5.74, 6) is 1.37. The number of nitriles is 1. The summed E-state index contributed by atoms with van der Waals surface area (Å²) < 4.78 is 0. The molecule has 0 fully saturated rings. The van der Waals surface area contributed by atoms with Gasteiger partial charge in [-0.05, 0) is 32.1 Å². The van der Waals surface area contributed by atoms with Gasteiger partial charge in [-0.3, -0.25) is 4.79 Å². The lowest BCUT2D eigenvalue weighted by Crippen LogP contribution is -2.12. The van der Waals surface area contributed by atoms with E-state index in [2.05, 4.69) is 21.4 Å². The minimum absolute atomic E-state index is 0.0942. The van der Waals surface area contributed by atoms with Gasteiger partial charge in [0.15, 0.2) is 0 Å². The maximum Gasteiger partial charge on any atom is 0.222 e. The normalized spacial score (nSPS) is 12.8. The van der Waals surface area contributed by atoms with Gasteiger partial charge in [-0.2, -0.15) is 5.26 Å². The van der Waals surface area contributed by atoms with Crippen LogP contribution in [0.1, 0.15) is 49.7 Å². The number of carbonyl (C=O) groups is 1. The first-order chi connectivity index (χ1) is 9.20. The first kappa shape index (κ1) is 13.5. The second-order valence-corrected chi connectivity index (χ2v) is 4.81. The lowest BCUT2D eigenvalue weighted by Gasteiger charge is -2.10. The van der Waals surface area contributed by atoms with Crippen LogP contribution in [0.2, 0.25) is 0 Å². The fraction of sp³-hybridized carbons (Fsp3) is 0.571. The smallest absolute Gasteiger partial charge is 0.222 e. The molecule has 0 bridgehead atoms. The quantitative estimate of drug-likeness (QED) is 0.821. The van der Waals surface area contributed by atoms with Crippen LogP contribution in [0.5, 0.6) is 0 Å². The molecule has 1 aromatic heterocycles. The highest BCUT2D eigenvalue weighted by molar-refractivity contribution is 5.88. The molecule has 0 aliphatic heterocycles. The van der Waals surface area contributed by atoms with E-state index in [1.807, 2.05) is 0 Å². The van der Waals surface area contributed by atoms with Crippen LogP contribution in [0.3, 0.4) is 0 Å². The summed E-state index contributed by atoms with van der Waals surface area (Å²) in [5.41, 5.74) is 2.17. The lowest BCUT2D eigenvalue weighted by molar-refractivity contribution is -0.114. The second-order valence-electron chi connectivity index (χ2n) is 4.81. The topological polar surface area (TPSA) is 78.7 Å². The highest BCUT2D eigenvalue weighted by Crippen LogP contribution is 2.26. The Bertz CT molecular complexity index is 519. The van der Waals surface area contributed by atoms with Crippen molar-refractivity contribution in [2.75, 3.05) is 5.32 Å². The summed E-state index contributed by atoms with van der Waals surface area (Å²) in [6.45, 7) is 1.50. The maximum absolute atomic E-state index is 11.2. The molecule has 0 aromatic carbocycles. The molecule has 5 nitrogen and oxygen atoms in total. The molecular formula is C14H18N4O. The number of nitrogens with one attached hydrogen (secondary N) is 1. The van der Waals surface area contributed by atoms with Gasteiger partial charge in [0.05, 0.1) is 6.07 Å². The van der Waals surface area contributed by atoms with Gasteiger partial charge < -0.3 is 5.32 Å². The third kappa shape index (κ3) is 3.50. The second kappa shape index (κ2) is 6.28. The van der Waals surface area contributed by atoms with Crippen LogP contribution in [0.15, 0.2) is 0 Å². The standard InChI is InChI=1S/C14H18N4O/c1-10(19)16-14-11-6-5-7-12(11)17-13(18-14)8-3-2-4-9-15/h2-8H2,1H3,(H,16,17,18,19). The zero-order valence-electron chi connectivity index (χ0n) is 11.2. The molecule has 0 unspecified atom stereocenters. The van der Waals surface area contributed by atoms with E-state index in [1.54, 1.807) is 0 Å². The number of anilines is 1. The number of aromatic nitrogens is 2. The van der Waals surface area contributed by atoms with Gasteiger partial charge >= 0.3 is 0 Å². The van der Waals surface area contributed by atoms with Gasteiger partial charge in [0.1, 0.15) is 11.6 Å². The summed E-state index contributed by atoms with van der Waals surface area (Å²) in [6, 6.07) is 2.14. The molecule has 1 aromatic rings. The van der Waals surface area contributed by atoms with Crippen LogP contribution in [0.25, 0.3) is 0 Å². The van der Waals surface area contributed by atoms with E-state index in [-0.39, 0.29) is 5.91 Å². The zero-order valence-corrected chi connectivity index (χ0v) is 11.2. The number of fused-ring (bicyclic) bond motifs is 1. The summed E-state index contributed by atoms with van der Waals surface area (Å²) in [6.07, 6.45) is 6.10. The summed E-state index contributed by atoms with van der Waals surface area (Å²) in [4.78, 5) is 20.2. The third-order valence-electron chi connectivity index (χ3n) is 3.21. The van der Waals surface area contributed by atoms with Gasteiger partial charge in [-0.1, -0.05) is 0 Å². The molecule has 1 heterocycles. The van der Waals surface area contributed by atoms with Crippen molar-refractivity contribution in [3.05, 3.63) is 17.1 Å². The number of unbranched alkanes of at least 4 members (excludes halogenated alkanes) is 2. The summed E-state index contributed by atoms with van der Waals surface area (Å²) >= 11 is 0. The van der Waals surface area contributed by atoms with Gasteiger partial charge in [0, 0.05) is 31.0 Å². The molecule has 1 amide bonds. The Hall–Kier alpha value is -1.96. The molecule has 1 N–H and O–H groups in total. The number of aryl methyl sites for hydroxylation is 2. The zero-order chi connectivity index (χ0) is 13.7. The average Bonchev–Trinajstić information content (AvgIpc) is 2.82. The summed E-state index contributed by atoms with van der Waals surface area (Å²) in [5, 5.41) is 11.3. The van der Waals surface area contributed by atoms with E-state index in [0.717, 1.165) is 55.6 Å². The molecule has 2 rings (SSSR count). The monoisotopic (exact) mass is 258 g/mol. The highest BCUT2D eigenvalue weighted by Gasteiger charge is 2.19. The Kier molecular flexibility index (Phi) is 4.45. The third-order valence-corrected chi connectivity index (χ3v) is 3.21. The minimum atomic E-state index is -0.0942. The van der Waals surface area contributed by atoms with Crippen LogP contribution < -0.4 is 5.32 Å². The molecule has 0 atom stereocenters. The van der Waals surface area contributed by atoms with Gasteiger partial charge in [0.2, 0.25) is 5.91 Å². The van der Waals surface area contributed by atoms with E-state index in [1.165, 1.54) is 6.92 Å². The number of hydrogen-bond acceptors (Lipinski definition) is 4. The molecule has 1 aliphatic rings. The number of amides is 1. The SMILES string of the molecule is CC(=O)Nc1nc(CCCCC#N)nc2c1CCC2. The van der Waals surface area contributed by atoms with Gasteiger partial charge in [0.25, 0.3) is 0 Å². The van der Waals surface area contributed by atoms with Crippen molar-refractivity contribution >= 4 is 11.7 Å². The van der Waals surface area contributed by atoms with E-state index in [9.17, 15) is 4.79 Å². The highest BCUT2D eigenvalue weighted by atomic mass is 16.1. The van der Waals surface area contributed by atoms with E-state index >= 15 is 0 Å². The molecule has 0 radical (unpaired) electrons. The van der Waals surface area contributed by atoms with Crippen molar-refractivity contribution in [1.82, 2.24) is 9.97 Å². The predicted octanol–water partition coefficient (Wildman–Crippen LogP) is 2.16. The number of nitrogens with zero attached hydrogens (tertiary/aromatic N) is 3. The molecule has 100 valence electrons. The van der Waals surface area contributed by atoms with Crippen LogP contribution in [-0.2, 0) is 24.1 Å². The van der Waals surface area contributed by atoms with E-state index in [4.69, 9.17) is 5.26 Å². The van der Waals surface area contributed by atoms with Crippen LogP contribution in [0, 0.1) is 11.3 Å². The molecule has 0 saturated heterocycles. The molecule has 0 saturated carbocycles. The number of hydrogen-bond donors (Lipinski definition) is 1. The molecular weight excluding hydrogens is 240 g/mol. The van der Waals surface area contributed by atoms with Crippen molar-refractivity contribution in [3.8, 4) is 6.07 Å². The molecule has 19 heavy (non-hydrogen) atoms. The first-order valence-electron chi connectivity index (χ1n) is 6.74. The van der Waals surface area contributed by atoms with Crippen molar-refractivity contribution in [1.29, 1.82) is 5.26 Å². The fourth-order valence-electron chi connectivity index (χ4n) is 2.35. The van der Waals surface area contributed by atoms with Crippen LogP contribution >= 0.6 is 0 Å². The maximum atomic E-state index is 11.2. The Balaban J connectivity index is 2.12. The van der Waals surface area contributed by atoms with Crippen molar-refractivity contribution < 1.29 is 4.79 Å². The van der Waals surface area contributed by atoms with Crippen LogP contribution in [-0.4, -0.2) is 15.9 Å². The van der Waals surface area contributed by atoms with E-state index in [0.29, 0.717) is 12.2 Å². The van der Waals surface area contributed by atoms with Gasteiger partial charge in [-0.15, -0.1) is 0 Å². The Morgan fingerprint density at radius 1 is 1.37 bits per heavy atom. The molecule has 1 aliphatic carbocycles. The molecule has 0 spiro atoms. The minimum Gasteiger partial charge on any atom is -0.311 e. The van der Waals surface area contributed by atoms with Crippen molar-refractivity contribution in [3.63, 3.8) is 0 Å². The Morgan fingerprint density at radius 2 is 2.21 bits per heavy atom. The predicted molar refractivity (Wildman–Crippen MR) is 71.5 cm³/mol. The average molecular weight is 258 g/mol. The largest absolute Gasteiger partial charge is 0.311 e. The van der Waals surface area contributed by atoms with Gasteiger partial charge in [-0.25, -0.2) is 9.97 Å². The Morgan fingerprint density at radius 3 is 2.95 bits per heavy atom. The van der Waals surface area contributed by atoms with E-state index < -0.39 is 0 Å². The molecule has 5 heteroatoms. The fourth-order valence-corrected chi connectivity index (χ4v) is 2.35. The summed E-state index contributed by atoms with van der Waals surface area (Å²) in [7, 11) is 0. The van der Waals surface area contributed by atoms with Crippen molar-refractivity contribution in [2.45, 2.75) is 51.9 Å². The Labute approximate surface area is 113 Å². The van der Waals surface area contributed by atoms with Crippen molar-refractivity contribution in [2.24, 2.45) is 0 Å². The first-order valence-corrected chi connectivity index (χ1v) is 6.74. The van der Waals surface area contributed by atoms with Crippen LogP contribution in [0.4, 0.5) is 5.82 Å².